The normalized spacial score (nSPS) is 22.4. The zero-order chi connectivity index (χ0) is 12.3. The molecule has 0 bridgehead atoms. The number of halogens is 1. The highest BCUT2D eigenvalue weighted by Crippen LogP contribution is 2.28. The number of carbonyl (C=O) groups is 1. The summed E-state index contributed by atoms with van der Waals surface area (Å²) in [7, 11) is 0. The molecule has 0 radical (unpaired) electrons. The van der Waals surface area contributed by atoms with Crippen LogP contribution in [0.3, 0.4) is 0 Å². The first-order valence-electron chi connectivity index (χ1n) is 7.23. The van der Waals surface area contributed by atoms with Crippen molar-refractivity contribution in [3.05, 3.63) is 0 Å². The zero-order valence-corrected chi connectivity index (χ0v) is 12.5. The molecule has 1 saturated carbocycles. The van der Waals surface area contributed by atoms with E-state index in [1.807, 2.05) is 6.92 Å². The van der Waals surface area contributed by atoms with E-state index in [2.05, 4.69) is 17.1 Å². The van der Waals surface area contributed by atoms with Crippen molar-refractivity contribution in [2.75, 3.05) is 19.6 Å². The number of hydrogen-bond donors (Lipinski definition) is 1. The second-order valence-corrected chi connectivity index (χ2v) is 5.76. The van der Waals surface area contributed by atoms with Crippen LogP contribution in [-0.4, -0.2) is 36.5 Å². The number of piperidine rings is 1. The van der Waals surface area contributed by atoms with Crippen LogP contribution in [0.2, 0.25) is 0 Å². The lowest BCUT2D eigenvalue weighted by Gasteiger charge is -2.34. The number of nitrogens with zero attached hydrogens (tertiary/aromatic N) is 1. The quantitative estimate of drug-likeness (QED) is 0.835. The van der Waals surface area contributed by atoms with Crippen LogP contribution in [0.15, 0.2) is 0 Å². The smallest absolute Gasteiger partial charge is 0.225 e. The average Bonchev–Trinajstić information content (AvgIpc) is 3.19. The van der Waals surface area contributed by atoms with Gasteiger partial charge >= 0.3 is 0 Å². The van der Waals surface area contributed by atoms with Crippen molar-refractivity contribution < 1.29 is 4.79 Å². The molecule has 0 aromatic carbocycles. The summed E-state index contributed by atoms with van der Waals surface area (Å²) in [5.74, 6) is 1.51. The van der Waals surface area contributed by atoms with Gasteiger partial charge in [0.05, 0.1) is 0 Å². The summed E-state index contributed by atoms with van der Waals surface area (Å²) in [6, 6.07) is 0.650. The van der Waals surface area contributed by atoms with Crippen molar-refractivity contribution in [2.24, 2.45) is 11.8 Å². The fraction of sp³-hybridized carbons (Fsp3) is 0.929. The molecule has 3 nitrogen and oxygen atoms in total. The van der Waals surface area contributed by atoms with Crippen LogP contribution in [0, 0.1) is 11.8 Å². The highest BCUT2D eigenvalue weighted by atomic mass is 35.5. The number of rotatable bonds is 5. The van der Waals surface area contributed by atoms with E-state index in [-0.39, 0.29) is 18.3 Å². The highest BCUT2D eigenvalue weighted by molar-refractivity contribution is 5.85. The Morgan fingerprint density at radius 3 is 2.39 bits per heavy atom. The van der Waals surface area contributed by atoms with Crippen LogP contribution < -0.4 is 5.32 Å². The van der Waals surface area contributed by atoms with Crippen molar-refractivity contribution >= 4 is 18.3 Å². The maximum atomic E-state index is 12.0. The third kappa shape index (κ3) is 4.43. The van der Waals surface area contributed by atoms with Gasteiger partial charge in [-0.2, -0.15) is 0 Å². The fourth-order valence-corrected chi connectivity index (χ4v) is 2.45. The van der Waals surface area contributed by atoms with Gasteiger partial charge in [0.15, 0.2) is 0 Å². The van der Waals surface area contributed by atoms with E-state index in [0.717, 1.165) is 38.3 Å². The van der Waals surface area contributed by atoms with Gasteiger partial charge in [-0.05, 0) is 44.6 Å². The summed E-state index contributed by atoms with van der Waals surface area (Å²) in [6.45, 7) is 7.23. The predicted octanol–water partition coefficient (Wildman–Crippen LogP) is 2.44. The number of hydrogen-bond acceptors (Lipinski definition) is 2. The molecule has 2 fully saturated rings. The Kier molecular flexibility index (Phi) is 6.44. The van der Waals surface area contributed by atoms with E-state index in [1.54, 1.807) is 0 Å². The molecule has 1 N–H and O–H groups in total. The molecule has 2 aliphatic rings. The zero-order valence-electron chi connectivity index (χ0n) is 11.7. The molecule has 0 aromatic rings. The van der Waals surface area contributed by atoms with Gasteiger partial charge in [0.1, 0.15) is 0 Å². The molecular formula is C14H27ClN2O. The summed E-state index contributed by atoms with van der Waals surface area (Å²) < 4.78 is 0. The van der Waals surface area contributed by atoms with Crippen molar-refractivity contribution in [1.29, 1.82) is 0 Å². The molecular weight excluding hydrogens is 248 g/mol. The summed E-state index contributed by atoms with van der Waals surface area (Å²) in [6.07, 6.45) is 6.05. The van der Waals surface area contributed by atoms with Gasteiger partial charge in [-0.1, -0.05) is 13.8 Å². The summed E-state index contributed by atoms with van der Waals surface area (Å²) >= 11 is 0. The van der Waals surface area contributed by atoms with Gasteiger partial charge in [0.25, 0.3) is 0 Å². The molecule has 106 valence electrons. The third-order valence-corrected chi connectivity index (χ3v) is 4.23. The van der Waals surface area contributed by atoms with Crippen LogP contribution in [0.25, 0.3) is 0 Å². The van der Waals surface area contributed by atoms with Gasteiger partial charge in [-0.25, -0.2) is 0 Å². The molecule has 18 heavy (non-hydrogen) atoms. The minimum absolute atomic E-state index is 0. The van der Waals surface area contributed by atoms with Crippen molar-refractivity contribution in [2.45, 2.75) is 52.0 Å². The molecule has 1 amide bonds. The second-order valence-electron chi connectivity index (χ2n) is 5.76. The number of carbonyl (C=O) groups excluding carboxylic acids is 1. The first kappa shape index (κ1) is 15.8. The van der Waals surface area contributed by atoms with Gasteiger partial charge in [-0.15, -0.1) is 12.4 Å². The molecule has 0 aromatic heterocycles. The van der Waals surface area contributed by atoms with E-state index in [0.29, 0.717) is 11.9 Å². The summed E-state index contributed by atoms with van der Waals surface area (Å²) in [4.78, 5) is 14.1. The Balaban J connectivity index is 0.00000162. The number of likely N-dealkylation sites (tertiary alicyclic amines) is 1. The molecule has 0 spiro atoms. The van der Waals surface area contributed by atoms with Crippen LogP contribution in [0.1, 0.15) is 46.0 Å². The van der Waals surface area contributed by atoms with Crippen LogP contribution in [0.5, 0.6) is 0 Å². The lowest BCUT2D eigenvalue weighted by atomic mass is 10.0. The first-order chi connectivity index (χ1) is 8.20. The van der Waals surface area contributed by atoms with E-state index < -0.39 is 0 Å². The van der Waals surface area contributed by atoms with Crippen molar-refractivity contribution in [1.82, 2.24) is 10.2 Å². The molecule has 1 aliphatic heterocycles. The van der Waals surface area contributed by atoms with Gasteiger partial charge in [0.2, 0.25) is 5.91 Å². The highest BCUT2D eigenvalue weighted by Gasteiger charge is 2.27. The lowest BCUT2D eigenvalue weighted by Crippen LogP contribution is -2.46. The molecule has 1 aliphatic carbocycles. The second kappa shape index (κ2) is 7.34. The molecule has 1 heterocycles. The minimum atomic E-state index is 0. The van der Waals surface area contributed by atoms with Gasteiger partial charge in [-0.3, -0.25) is 4.79 Å². The maximum absolute atomic E-state index is 12.0. The van der Waals surface area contributed by atoms with Gasteiger partial charge in [0, 0.05) is 25.0 Å². The molecule has 1 unspecified atom stereocenters. The van der Waals surface area contributed by atoms with Crippen LogP contribution in [0.4, 0.5) is 0 Å². The number of nitrogens with one attached hydrogen (secondary N) is 1. The largest absolute Gasteiger partial charge is 0.342 e. The maximum Gasteiger partial charge on any atom is 0.225 e. The Bertz CT molecular complexity index is 261. The lowest BCUT2D eigenvalue weighted by molar-refractivity contribution is -0.136. The summed E-state index contributed by atoms with van der Waals surface area (Å²) in [5.41, 5.74) is 0. The van der Waals surface area contributed by atoms with Crippen molar-refractivity contribution in [3.8, 4) is 0 Å². The molecule has 1 saturated heterocycles. The fourth-order valence-electron chi connectivity index (χ4n) is 2.45. The van der Waals surface area contributed by atoms with Gasteiger partial charge < -0.3 is 10.2 Å². The Morgan fingerprint density at radius 1 is 1.28 bits per heavy atom. The average molecular weight is 275 g/mol. The topological polar surface area (TPSA) is 32.3 Å². The van der Waals surface area contributed by atoms with E-state index in [1.165, 1.54) is 19.4 Å². The Hall–Kier alpha value is -0.280. The van der Waals surface area contributed by atoms with E-state index in [9.17, 15) is 4.79 Å². The number of amides is 1. The Labute approximate surface area is 117 Å². The monoisotopic (exact) mass is 274 g/mol. The molecule has 4 heteroatoms. The summed E-state index contributed by atoms with van der Waals surface area (Å²) in [5, 5.41) is 3.65. The third-order valence-electron chi connectivity index (χ3n) is 4.23. The molecule has 2 rings (SSSR count). The Morgan fingerprint density at radius 2 is 1.89 bits per heavy atom. The van der Waals surface area contributed by atoms with E-state index in [4.69, 9.17) is 0 Å². The SMILES string of the molecule is CCC(C)C(=O)N1CCC(NCC2CC2)CC1.Cl. The standard InChI is InChI=1S/C14H26N2O.ClH/c1-3-11(2)14(17)16-8-6-13(7-9-16)15-10-12-4-5-12;/h11-13,15H,3-10H2,1-2H3;1H. The van der Waals surface area contributed by atoms with Crippen molar-refractivity contribution in [3.63, 3.8) is 0 Å². The van der Waals surface area contributed by atoms with Crippen LogP contribution in [-0.2, 0) is 4.79 Å². The minimum Gasteiger partial charge on any atom is -0.342 e. The first-order valence-corrected chi connectivity index (χ1v) is 7.23. The molecule has 1 atom stereocenters. The predicted molar refractivity (Wildman–Crippen MR) is 77.0 cm³/mol. The van der Waals surface area contributed by atoms with E-state index >= 15 is 0 Å². The van der Waals surface area contributed by atoms with Crippen LogP contribution >= 0.6 is 12.4 Å².